The van der Waals surface area contributed by atoms with Crippen molar-refractivity contribution in [3.8, 4) is 22.7 Å². The Bertz CT molecular complexity index is 967. The van der Waals surface area contributed by atoms with E-state index in [1.807, 2.05) is 36.5 Å². The van der Waals surface area contributed by atoms with Crippen molar-refractivity contribution >= 4 is 0 Å². The molecule has 4 rings (SSSR count). The van der Waals surface area contributed by atoms with Gasteiger partial charge in [-0.25, -0.2) is 9.07 Å². The monoisotopic (exact) mass is 394 g/mol. The number of aromatic nitrogens is 2. The maximum absolute atomic E-state index is 14.4. The molecule has 0 spiro atoms. The van der Waals surface area contributed by atoms with Crippen LogP contribution in [0.1, 0.15) is 12.0 Å². The lowest BCUT2D eigenvalue weighted by Gasteiger charge is -2.20. The first-order valence-electron chi connectivity index (χ1n) is 9.92. The molecule has 6 heteroatoms. The van der Waals surface area contributed by atoms with Crippen LogP contribution >= 0.6 is 0 Å². The normalized spacial score (nSPS) is 17.2. The molecule has 0 amide bonds. The molecule has 1 aliphatic rings. The second-order valence-corrected chi connectivity index (χ2v) is 7.77. The Balaban J connectivity index is 1.69. The molecule has 1 atom stereocenters. The van der Waals surface area contributed by atoms with E-state index in [2.05, 4.69) is 23.9 Å². The fourth-order valence-corrected chi connectivity index (χ4v) is 3.90. The molecule has 3 aromatic rings. The first-order chi connectivity index (χ1) is 14.0. The van der Waals surface area contributed by atoms with Crippen molar-refractivity contribution in [3.05, 3.63) is 66.1 Å². The van der Waals surface area contributed by atoms with Crippen LogP contribution in [-0.2, 0) is 6.54 Å². The highest BCUT2D eigenvalue weighted by Gasteiger charge is 2.25. The molecule has 2 heterocycles. The number of methoxy groups -OCH3 is 1. The fourth-order valence-electron chi connectivity index (χ4n) is 3.90. The van der Waals surface area contributed by atoms with Crippen molar-refractivity contribution in [2.45, 2.75) is 19.0 Å². The minimum absolute atomic E-state index is 0.281. The summed E-state index contributed by atoms with van der Waals surface area (Å²) in [6.45, 7) is 2.87. The Morgan fingerprint density at radius 1 is 1.14 bits per heavy atom. The van der Waals surface area contributed by atoms with Crippen LogP contribution in [0.4, 0.5) is 4.39 Å². The molecule has 0 radical (unpaired) electrons. The van der Waals surface area contributed by atoms with E-state index in [0.29, 0.717) is 11.7 Å². The Morgan fingerprint density at radius 2 is 1.90 bits per heavy atom. The highest BCUT2D eigenvalue weighted by molar-refractivity contribution is 5.64. The highest BCUT2D eigenvalue weighted by atomic mass is 19.1. The Labute approximate surface area is 171 Å². The molecule has 2 aromatic carbocycles. The van der Waals surface area contributed by atoms with Gasteiger partial charge in [0.15, 0.2) is 0 Å². The van der Waals surface area contributed by atoms with Crippen LogP contribution in [0.3, 0.4) is 0 Å². The molecular weight excluding hydrogens is 367 g/mol. The summed E-state index contributed by atoms with van der Waals surface area (Å²) in [5.74, 6) is 0.522. The number of halogens is 1. The first kappa shape index (κ1) is 19.6. The molecule has 1 aromatic heterocycles. The van der Waals surface area contributed by atoms with E-state index < -0.39 is 0 Å². The zero-order chi connectivity index (χ0) is 20.4. The van der Waals surface area contributed by atoms with Crippen LogP contribution in [0.2, 0.25) is 0 Å². The number of hydrogen-bond acceptors (Lipinski definition) is 4. The van der Waals surface area contributed by atoms with E-state index >= 15 is 0 Å². The van der Waals surface area contributed by atoms with Gasteiger partial charge < -0.3 is 9.64 Å². The average Bonchev–Trinajstić information content (AvgIpc) is 3.36. The lowest BCUT2D eigenvalue weighted by Crippen LogP contribution is -2.31. The summed E-state index contributed by atoms with van der Waals surface area (Å²) in [5, 5.41) is 4.76. The number of para-hydroxylation sites is 1. The molecule has 1 aliphatic heterocycles. The van der Waals surface area contributed by atoms with Gasteiger partial charge in [0.1, 0.15) is 17.3 Å². The zero-order valence-electron chi connectivity index (χ0n) is 17.2. The van der Waals surface area contributed by atoms with E-state index in [9.17, 15) is 4.39 Å². The topological polar surface area (TPSA) is 33.5 Å². The standard InChI is InChI=1S/C23H27FN4O/c1-26(2)19-12-13-27(16-19)14-18-15-28(22-7-5-4-6-21(22)24)25-23(18)17-8-10-20(29-3)11-9-17/h4-11,15,19H,12-14,16H2,1-3H3. The summed E-state index contributed by atoms with van der Waals surface area (Å²) in [6, 6.07) is 15.2. The SMILES string of the molecule is COc1ccc(-c2nn(-c3ccccc3F)cc2CN2CCC(N(C)C)C2)cc1. The number of likely N-dealkylation sites (tertiary alicyclic amines) is 1. The molecule has 152 valence electrons. The third-order valence-corrected chi connectivity index (χ3v) is 5.62. The molecular formula is C23H27FN4O. The number of ether oxygens (including phenoxy) is 1. The van der Waals surface area contributed by atoms with Crippen molar-refractivity contribution in [1.82, 2.24) is 19.6 Å². The largest absolute Gasteiger partial charge is 0.497 e. The number of nitrogens with zero attached hydrogens (tertiary/aromatic N) is 4. The van der Waals surface area contributed by atoms with E-state index in [0.717, 1.165) is 48.6 Å². The van der Waals surface area contributed by atoms with Gasteiger partial charge in [-0.1, -0.05) is 12.1 Å². The van der Waals surface area contributed by atoms with Gasteiger partial charge in [-0.2, -0.15) is 5.10 Å². The Morgan fingerprint density at radius 3 is 2.55 bits per heavy atom. The third kappa shape index (κ3) is 4.18. The minimum Gasteiger partial charge on any atom is -0.497 e. The van der Waals surface area contributed by atoms with Crippen LogP contribution in [0.15, 0.2) is 54.7 Å². The molecule has 5 nitrogen and oxygen atoms in total. The fraction of sp³-hybridized carbons (Fsp3) is 0.348. The maximum atomic E-state index is 14.4. The van der Waals surface area contributed by atoms with E-state index in [1.165, 1.54) is 6.07 Å². The van der Waals surface area contributed by atoms with Crippen molar-refractivity contribution in [2.24, 2.45) is 0 Å². The van der Waals surface area contributed by atoms with E-state index in [-0.39, 0.29) is 5.82 Å². The molecule has 0 bridgehead atoms. The van der Waals surface area contributed by atoms with Crippen LogP contribution in [0, 0.1) is 5.82 Å². The molecule has 1 saturated heterocycles. The predicted molar refractivity (Wildman–Crippen MR) is 113 cm³/mol. The lowest BCUT2D eigenvalue weighted by molar-refractivity contribution is 0.265. The number of benzene rings is 2. The van der Waals surface area contributed by atoms with Crippen molar-refractivity contribution in [2.75, 3.05) is 34.3 Å². The van der Waals surface area contributed by atoms with Crippen molar-refractivity contribution in [1.29, 1.82) is 0 Å². The number of hydrogen-bond donors (Lipinski definition) is 0. The van der Waals surface area contributed by atoms with Gasteiger partial charge in [0.05, 0.1) is 12.8 Å². The van der Waals surface area contributed by atoms with E-state index in [1.54, 1.807) is 23.9 Å². The molecule has 0 aliphatic carbocycles. The van der Waals surface area contributed by atoms with Gasteiger partial charge in [-0.15, -0.1) is 0 Å². The molecule has 29 heavy (non-hydrogen) atoms. The van der Waals surface area contributed by atoms with Gasteiger partial charge >= 0.3 is 0 Å². The third-order valence-electron chi connectivity index (χ3n) is 5.62. The van der Waals surface area contributed by atoms with Gasteiger partial charge in [-0.3, -0.25) is 4.90 Å². The quantitative estimate of drug-likeness (QED) is 0.636. The molecule has 1 fully saturated rings. The Kier molecular flexibility index (Phi) is 5.65. The van der Waals surface area contributed by atoms with Crippen LogP contribution in [0.5, 0.6) is 5.75 Å². The van der Waals surface area contributed by atoms with Crippen LogP contribution in [0.25, 0.3) is 16.9 Å². The summed E-state index contributed by atoms with van der Waals surface area (Å²) in [7, 11) is 5.92. The molecule has 0 N–H and O–H groups in total. The van der Waals surface area contributed by atoms with E-state index in [4.69, 9.17) is 9.84 Å². The second-order valence-electron chi connectivity index (χ2n) is 7.77. The molecule has 0 saturated carbocycles. The van der Waals surface area contributed by atoms with Gasteiger partial charge in [0.2, 0.25) is 0 Å². The van der Waals surface area contributed by atoms with Crippen molar-refractivity contribution in [3.63, 3.8) is 0 Å². The van der Waals surface area contributed by atoms with Crippen LogP contribution < -0.4 is 4.74 Å². The predicted octanol–water partition coefficient (Wildman–Crippen LogP) is 3.82. The minimum atomic E-state index is -0.281. The van der Waals surface area contributed by atoms with Gasteiger partial charge in [0, 0.05) is 43.0 Å². The molecule has 1 unspecified atom stereocenters. The lowest BCUT2D eigenvalue weighted by atomic mass is 10.1. The highest BCUT2D eigenvalue weighted by Crippen LogP contribution is 2.28. The number of likely N-dealkylation sites (N-methyl/N-ethyl adjacent to an activating group) is 1. The second kappa shape index (κ2) is 8.35. The summed E-state index contributed by atoms with van der Waals surface area (Å²) in [4.78, 5) is 4.73. The average molecular weight is 394 g/mol. The Hall–Kier alpha value is -2.70. The maximum Gasteiger partial charge on any atom is 0.148 e. The summed E-state index contributed by atoms with van der Waals surface area (Å²) >= 11 is 0. The summed E-state index contributed by atoms with van der Waals surface area (Å²) < 4.78 is 21.3. The van der Waals surface area contributed by atoms with Crippen molar-refractivity contribution < 1.29 is 9.13 Å². The summed E-state index contributed by atoms with van der Waals surface area (Å²) in [5.41, 5.74) is 3.43. The van der Waals surface area contributed by atoms with Gasteiger partial charge in [-0.05, 0) is 56.9 Å². The summed E-state index contributed by atoms with van der Waals surface area (Å²) in [6.07, 6.45) is 3.12. The number of rotatable bonds is 6. The van der Waals surface area contributed by atoms with Crippen LogP contribution in [-0.4, -0.2) is 59.9 Å². The van der Waals surface area contributed by atoms with Gasteiger partial charge in [0.25, 0.3) is 0 Å². The first-order valence-corrected chi connectivity index (χ1v) is 9.92. The zero-order valence-corrected chi connectivity index (χ0v) is 17.2. The smallest absolute Gasteiger partial charge is 0.148 e.